The summed E-state index contributed by atoms with van der Waals surface area (Å²) in [6, 6.07) is 0. The van der Waals surface area contributed by atoms with Crippen LogP contribution in [0.25, 0.3) is 0 Å². The van der Waals surface area contributed by atoms with Gasteiger partial charge in [-0.1, -0.05) is 6.42 Å². The van der Waals surface area contributed by atoms with Crippen molar-refractivity contribution in [2.45, 2.75) is 57.0 Å². The Morgan fingerprint density at radius 3 is 2.72 bits per heavy atom. The number of nitrogens with one attached hydrogen (secondary N) is 1. The van der Waals surface area contributed by atoms with Gasteiger partial charge < -0.3 is 10.4 Å². The van der Waals surface area contributed by atoms with E-state index in [0.717, 1.165) is 37.9 Å². The molecule has 0 aliphatic heterocycles. The molecule has 2 aliphatic carbocycles. The monoisotopic (exact) mass is 247 g/mol. The van der Waals surface area contributed by atoms with Crippen molar-refractivity contribution in [1.29, 1.82) is 0 Å². The van der Waals surface area contributed by atoms with Gasteiger partial charge in [0.2, 0.25) is 0 Å². The molecule has 18 heavy (non-hydrogen) atoms. The number of rotatable bonds is 3. The van der Waals surface area contributed by atoms with E-state index in [1.807, 2.05) is 0 Å². The first-order valence-electron chi connectivity index (χ1n) is 7.06. The summed E-state index contributed by atoms with van der Waals surface area (Å²) in [7, 11) is 0. The Hall–Kier alpha value is -1.16. The van der Waals surface area contributed by atoms with Crippen molar-refractivity contribution in [1.82, 2.24) is 9.97 Å². The highest BCUT2D eigenvalue weighted by atomic mass is 16.3. The normalized spacial score (nSPS) is 21.6. The van der Waals surface area contributed by atoms with E-state index in [1.54, 1.807) is 6.33 Å². The third kappa shape index (κ3) is 2.34. The lowest BCUT2D eigenvalue weighted by Crippen LogP contribution is -2.43. The van der Waals surface area contributed by atoms with Gasteiger partial charge in [-0.3, -0.25) is 0 Å². The van der Waals surface area contributed by atoms with Crippen molar-refractivity contribution < 1.29 is 5.11 Å². The molecule has 2 aliphatic rings. The molecule has 98 valence electrons. The zero-order chi connectivity index (χ0) is 12.4. The molecule has 1 heterocycles. The molecule has 0 unspecified atom stereocenters. The second-order valence-electron chi connectivity index (χ2n) is 5.64. The molecule has 0 spiro atoms. The van der Waals surface area contributed by atoms with Crippen molar-refractivity contribution in [2.75, 3.05) is 11.9 Å². The molecule has 0 aromatic carbocycles. The number of aryl methyl sites for hydroxylation is 1. The Kier molecular flexibility index (Phi) is 3.20. The Morgan fingerprint density at radius 2 is 1.94 bits per heavy atom. The van der Waals surface area contributed by atoms with Gasteiger partial charge in [0.25, 0.3) is 0 Å². The Morgan fingerprint density at radius 1 is 1.11 bits per heavy atom. The molecule has 3 rings (SSSR count). The van der Waals surface area contributed by atoms with Gasteiger partial charge in [-0.15, -0.1) is 0 Å². The maximum atomic E-state index is 10.1. The maximum Gasteiger partial charge on any atom is 0.132 e. The van der Waals surface area contributed by atoms with Crippen LogP contribution in [0.1, 0.15) is 49.8 Å². The second-order valence-corrected chi connectivity index (χ2v) is 5.64. The summed E-state index contributed by atoms with van der Waals surface area (Å²) >= 11 is 0. The van der Waals surface area contributed by atoms with E-state index < -0.39 is 5.60 Å². The lowest BCUT2D eigenvalue weighted by atomic mass is 9.80. The molecule has 0 amide bonds. The number of hydrogen-bond donors (Lipinski definition) is 2. The third-order valence-electron chi connectivity index (χ3n) is 4.24. The van der Waals surface area contributed by atoms with E-state index in [2.05, 4.69) is 15.3 Å². The van der Waals surface area contributed by atoms with Crippen LogP contribution < -0.4 is 5.32 Å². The Balaban J connectivity index is 1.75. The molecule has 0 bridgehead atoms. The molecular formula is C14H21N3O. The highest BCUT2D eigenvalue weighted by Gasteiger charge is 2.34. The van der Waals surface area contributed by atoms with E-state index >= 15 is 0 Å². The van der Waals surface area contributed by atoms with Crippen LogP contribution in [0.2, 0.25) is 0 Å². The van der Waals surface area contributed by atoms with Crippen molar-refractivity contribution in [3.63, 3.8) is 0 Å². The van der Waals surface area contributed by atoms with Gasteiger partial charge in [-0.2, -0.15) is 0 Å². The summed E-state index contributed by atoms with van der Waals surface area (Å²) in [6.07, 6.45) is 10.5. The van der Waals surface area contributed by atoms with Gasteiger partial charge in [0, 0.05) is 17.8 Å². The molecule has 0 saturated heterocycles. The summed E-state index contributed by atoms with van der Waals surface area (Å²) in [5, 5.41) is 13.5. The first-order chi connectivity index (χ1) is 8.77. The van der Waals surface area contributed by atoms with Crippen LogP contribution in [0, 0.1) is 0 Å². The van der Waals surface area contributed by atoms with Crippen molar-refractivity contribution >= 4 is 5.82 Å². The van der Waals surface area contributed by atoms with E-state index in [4.69, 9.17) is 0 Å². The van der Waals surface area contributed by atoms with Crippen molar-refractivity contribution in [3.8, 4) is 0 Å². The van der Waals surface area contributed by atoms with Crippen LogP contribution in [0.3, 0.4) is 0 Å². The van der Waals surface area contributed by atoms with Gasteiger partial charge >= 0.3 is 0 Å². The van der Waals surface area contributed by atoms with Gasteiger partial charge in [-0.25, -0.2) is 9.97 Å². The number of hydrogen-bond acceptors (Lipinski definition) is 4. The predicted molar refractivity (Wildman–Crippen MR) is 70.6 cm³/mol. The molecular weight excluding hydrogens is 226 g/mol. The average molecular weight is 247 g/mol. The van der Waals surface area contributed by atoms with Crippen molar-refractivity contribution in [3.05, 3.63) is 17.6 Å². The van der Waals surface area contributed by atoms with E-state index in [9.17, 15) is 5.11 Å². The fourth-order valence-corrected chi connectivity index (χ4v) is 2.86. The summed E-state index contributed by atoms with van der Waals surface area (Å²) in [5.41, 5.74) is 1.98. The lowest BCUT2D eigenvalue weighted by molar-refractivity contribution is -0.0202. The quantitative estimate of drug-likeness (QED) is 0.803. The topological polar surface area (TPSA) is 58.0 Å². The summed E-state index contributed by atoms with van der Waals surface area (Å²) in [5.74, 6) is 0.947. The molecule has 1 aromatic heterocycles. The zero-order valence-corrected chi connectivity index (χ0v) is 10.8. The maximum absolute atomic E-state index is 10.1. The second kappa shape index (κ2) is 4.84. The van der Waals surface area contributed by atoms with Crippen LogP contribution >= 0.6 is 0 Å². The molecule has 4 nitrogen and oxygen atoms in total. The van der Waals surface area contributed by atoms with Gasteiger partial charge in [-0.05, 0) is 44.9 Å². The molecule has 0 atom stereocenters. The predicted octanol–water partition coefficient (Wildman–Crippen LogP) is 2.07. The third-order valence-corrected chi connectivity index (χ3v) is 4.24. The fourth-order valence-electron chi connectivity index (χ4n) is 2.86. The highest BCUT2D eigenvalue weighted by Crippen LogP contribution is 2.32. The lowest BCUT2D eigenvalue weighted by Gasteiger charge is -2.36. The van der Waals surface area contributed by atoms with E-state index in [0.29, 0.717) is 6.54 Å². The van der Waals surface area contributed by atoms with Crippen LogP contribution in [0.4, 0.5) is 5.82 Å². The first kappa shape index (κ1) is 11.9. The number of fused-ring (bicyclic) bond motifs is 1. The molecule has 1 fully saturated rings. The minimum Gasteiger partial charge on any atom is -0.388 e. The molecule has 4 heteroatoms. The van der Waals surface area contributed by atoms with Gasteiger partial charge in [0.05, 0.1) is 5.60 Å². The van der Waals surface area contributed by atoms with Gasteiger partial charge in [0.1, 0.15) is 12.1 Å². The SMILES string of the molecule is OC1(CNc2ncnc3c2CCCCC3)CCC1. The fraction of sp³-hybridized carbons (Fsp3) is 0.714. The number of aliphatic hydroxyl groups is 1. The number of anilines is 1. The largest absolute Gasteiger partial charge is 0.388 e. The zero-order valence-electron chi connectivity index (χ0n) is 10.8. The number of nitrogens with zero attached hydrogens (tertiary/aromatic N) is 2. The molecule has 1 saturated carbocycles. The Labute approximate surface area is 108 Å². The van der Waals surface area contributed by atoms with E-state index in [-0.39, 0.29) is 0 Å². The smallest absolute Gasteiger partial charge is 0.132 e. The first-order valence-corrected chi connectivity index (χ1v) is 7.06. The van der Waals surface area contributed by atoms with Crippen LogP contribution in [-0.4, -0.2) is 27.2 Å². The minimum absolute atomic E-state index is 0.497. The van der Waals surface area contributed by atoms with Crippen LogP contribution in [-0.2, 0) is 12.8 Å². The summed E-state index contributed by atoms with van der Waals surface area (Å²) in [4.78, 5) is 8.77. The van der Waals surface area contributed by atoms with Crippen LogP contribution in [0.15, 0.2) is 6.33 Å². The molecule has 1 aromatic rings. The molecule has 2 N–H and O–H groups in total. The standard InChI is InChI=1S/C14H21N3O/c18-14(7-4-8-14)9-15-13-11-5-2-1-3-6-12(11)16-10-17-13/h10,18H,1-9H2,(H,15,16,17). The van der Waals surface area contributed by atoms with Crippen LogP contribution in [0.5, 0.6) is 0 Å². The summed E-state index contributed by atoms with van der Waals surface area (Å²) in [6.45, 7) is 0.621. The minimum atomic E-state index is -0.497. The molecule has 0 radical (unpaired) electrons. The van der Waals surface area contributed by atoms with Gasteiger partial charge in [0.15, 0.2) is 0 Å². The highest BCUT2D eigenvalue weighted by molar-refractivity contribution is 5.46. The Bertz CT molecular complexity index is 429. The van der Waals surface area contributed by atoms with Crippen molar-refractivity contribution in [2.24, 2.45) is 0 Å². The average Bonchev–Trinajstić information content (AvgIpc) is 2.59. The van der Waals surface area contributed by atoms with E-state index in [1.165, 1.54) is 30.5 Å². The summed E-state index contributed by atoms with van der Waals surface area (Å²) < 4.78 is 0. The number of aromatic nitrogens is 2.